The predicted molar refractivity (Wildman–Crippen MR) is 189 cm³/mol. The minimum Gasteiger partial charge on any atom is -0.487 e. The molecule has 0 unspecified atom stereocenters. The molecule has 0 radical (unpaired) electrons. The molecule has 0 amide bonds. The van der Waals surface area contributed by atoms with E-state index in [0.29, 0.717) is 84.2 Å². The van der Waals surface area contributed by atoms with Crippen molar-refractivity contribution in [3.63, 3.8) is 0 Å². The molecule has 0 spiro atoms. The Morgan fingerprint density at radius 2 is 1.56 bits per heavy atom. The number of aromatic nitrogens is 4. The summed E-state index contributed by atoms with van der Waals surface area (Å²) in [4.78, 5) is 36.7. The van der Waals surface area contributed by atoms with Crippen LogP contribution in [0, 0.1) is 11.6 Å². The fourth-order valence-electron chi connectivity index (χ4n) is 6.56. The van der Waals surface area contributed by atoms with Crippen LogP contribution >= 0.6 is 0 Å². The lowest BCUT2D eigenvalue weighted by Crippen LogP contribution is -2.25. The van der Waals surface area contributed by atoms with Gasteiger partial charge in [-0.2, -0.15) is 0 Å². The molecule has 3 heterocycles. The molecule has 0 aliphatic carbocycles. The van der Waals surface area contributed by atoms with Crippen molar-refractivity contribution in [3.8, 4) is 28.8 Å². The second-order valence-electron chi connectivity index (χ2n) is 12.3. The highest BCUT2D eigenvalue weighted by molar-refractivity contribution is 6.02. The maximum atomic E-state index is 14.9. The van der Waals surface area contributed by atoms with E-state index >= 15 is 0 Å². The molecular weight excluding hydrogens is 674 g/mol. The Labute approximate surface area is 297 Å². The molecule has 0 fully saturated rings. The number of hydrogen-bond acceptors (Lipinski definition) is 9. The maximum Gasteiger partial charge on any atom is 0.282 e. The lowest BCUT2D eigenvalue weighted by molar-refractivity contribution is 0.0991. The summed E-state index contributed by atoms with van der Waals surface area (Å²) in [5.41, 5.74) is 0.884. The van der Waals surface area contributed by atoms with Crippen molar-refractivity contribution < 1.29 is 37.3 Å². The summed E-state index contributed by atoms with van der Waals surface area (Å²) in [6, 6.07) is 17.5. The average Bonchev–Trinajstić information content (AvgIpc) is 3.45. The van der Waals surface area contributed by atoms with E-state index < -0.39 is 23.0 Å². The van der Waals surface area contributed by atoms with Crippen molar-refractivity contribution in [2.45, 2.75) is 32.2 Å². The molecule has 7 rings (SSSR count). The quantitative estimate of drug-likeness (QED) is 0.0909. The van der Waals surface area contributed by atoms with Gasteiger partial charge in [-0.1, -0.05) is 30.3 Å². The van der Waals surface area contributed by atoms with Crippen molar-refractivity contribution in [3.05, 3.63) is 112 Å². The first-order valence-electron chi connectivity index (χ1n) is 16.9. The number of halogens is 2. The molecule has 0 atom stereocenters. The number of hydrogen-bond donors (Lipinski definition) is 0. The molecule has 6 aromatic rings. The third-order valence-corrected chi connectivity index (χ3v) is 8.98. The molecule has 0 saturated heterocycles. The number of fused-ring (bicyclic) bond motifs is 3. The molecule has 1 aliphatic heterocycles. The van der Waals surface area contributed by atoms with Gasteiger partial charge < -0.3 is 23.7 Å². The highest BCUT2D eigenvalue weighted by Crippen LogP contribution is 2.38. The third kappa shape index (κ3) is 6.84. The first kappa shape index (κ1) is 34.8. The Morgan fingerprint density at radius 1 is 0.808 bits per heavy atom. The van der Waals surface area contributed by atoms with Crippen LogP contribution in [0.1, 0.15) is 34.5 Å². The smallest absolute Gasteiger partial charge is 0.282 e. The van der Waals surface area contributed by atoms with E-state index in [1.165, 1.54) is 6.33 Å². The fourth-order valence-corrected chi connectivity index (χ4v) is 6.56. The van der Waals surface area contributed by atoms with Crippen LogP contribution in [0.15, 0.2) is 77.9 Å². The van der Waals surface area contributed by atoms with E-state index in [1.54, 1.807) is 43.2 Å². The first-order valence-corrected chi connectivity index (χ1v) is 16.9. The monoisotopic (exact) mass is 710 g/mol. The predicted octanol–water partition coefficient (Wildman–Crippen LogP) is 6.62. The van der Waals surface area contributed by atoms with E-state index in [2.05, 4.69) is 9.97 Å². The minimum atomic E-state index is -0.753. The average molecular weight is 711 g/mol. The van der Waals surface area contributed by atoms with Gasteiger partial charge in [-0.05, 0) is 54.5 Å². The highest BCUT2D eigenvalue weighted by atomic mass is 19.1. The van der Waals surface area contributed by atoms with Crippen molar-refractivity contribution in [2.75, 3.05) is 40.6 Å². The second-order valence-corrected chi connectivity index (χ2v) is 12.3. The standard InChI is InChI=1S/C39H36F2N4O7/c1-48-15-17-50-35-21-28-30(22-36(35)51-18-16-49-2)42-23-43-38(28)52-34-13-10-24(26-7-3-4-8-27(26)34)19-33(46)37-31-9-5-6-14-44(31)45(39(37)47)32-20-25(40)11-12-29(32)41/h3-4,7-8,10-13,20-23H,5-6,9,14-19H2,1-2H3. The Kier molecular flexibility index (Phi) is 10.2. The zero-order valence-electron chi connectivity index (χ0n) is 28.7. The number of nitrogens with zero attached hydrogens (tertiary/aromatic N) is 4. The van der Waals surface area contributed by atoms with Gasteiger partial charge in [0.2, 0.25) is 5.88 Å². The minimum absolute atomic E-state index is 0.00526. The summed E-state index contributed by atoms with van der Waals surface area (Å²) >= 11 is 0. The van der Waals surface area contributed by atoms with Crippen molar-refractivity contribution in [1.82, 2.24) is 19.3 Å². The molecule has 11 nitrogen and oxygen atoms in total. The molecule has 0 N–H and O–H groups in total. The Morgan fingerprint density at radius 3 is 2.33 bits per heavy atom. The lowest BCUT2D eigenvalue weighted by Gasteiger charge is -2.19. The molecule has 4 aromatic carbocycles. The molecule has 0 saturated carbocycles. The van der Waals surface area contributed by atoms with Gasteiger partial charge in [0, 0.05) is 44.7 Å². The molecule has 268 valence electrons. The maximum absolute atomic E-state index is 14.9. The molecular formula is C39H36F2N4O7. The van der Waals surface area contributed by atoms with Gasteiger partial charge in [-0.3, -0.25) is 14.3 Å². The SMILES string of the molecule is COCCOc1cc2ncnc(Oc3ccc(CC(=O)c4c5n(n(-c6cc(F)ccc6F)c4=O)CCCC5)c4ccccc34)c2cc1OCCOC. The van der Waals surface area contributed by atoms with Gasteiger partial charge in [-0.25, -0.2) is 23.4 Å². The Bertz CT molecular complexity index is 2340. The van der Waals surface area contributed by atoms with E-state index in [9.17, 15) is 18.4 Å². The van der Waals surface area contributed by atoms with Crippen molar-refractivity contribution >= 4 is 27.5 Å². The van der Waals surface area contributed by atoms with Crippen LogP contribution in [-0.4, -0.2) is 65.8 Å². The zero-order valence-corrected chi connectivity index (χ0v) is 28.7. The van der Waals surface area contributed by atoms with Crippen LogP contribution in [0.25, 0.3) is 27.4 Å². The van der Waals surface area contributed by atoms with Crippen LogP contribution in [-0.2, 0) is 28.9 Å². The lowest BCUT2D eigenvalue weighted by atomic mass is 9.96. The molecule has 13 heteroatoms. The number of benzene rings is 4. The van der Waals surface area contributed by atoms with Crippen molar-refractivity contribution in [1.29, 1.82) is 0 Å². The van der Waals surface area contributed by atoms with Crippen LogP contribution in [0.2, 0.25) is 0 Å². The number of carbonyl (C=O) groups is 1. The summed E-state index contributed by atoms with van der Waals surface area (Å²) < 4.78 is 60.4. The fraction of sp³-hybridized carbons (Fsp3) is 0.282. The third-order valence-electron chi connectivity index (χ3n) is 8.98. The van der Waals surface area contributed by atoms with E-state index in [1.807, 2.05) is 24.3 Å². The first-order chi connectivity index (χ1) is 25.4. The summed E-state index contributed by atoms with van der Waals surface area (Å²) in [5.74, 6) is -0.121. The number of Topliss-reactive ketones (excluding diaryl/α,β-unsaturated/α-hetero) is 1. The molecule has 0 bridgehead atoms. The Hall–Kier alpha value is -5.66. The molecule has 52 heavy (non-hydrogen) atoms. The van der Waals surface area contributed by atoms with Crippen LogP contribution < -0.4 is 19.8 Å². The topological polar surface area (TPSA) is 116 Å². The largest absolute Gasteiger partial charge is 0.487 e. The van der Waals surface area contributed by atoms with Gasteiger partial charge in [0.1, 0.15) is 48.2 Å². The second kappa shape index (κ2) is 15.3. The molecule has 1 aliphatic rings. The van der Waals surface area contributed by atoms with Gasteiger partial charge in [0.25, 0.3) is 5.56 Å². The number of carbonyl (C=O) groups excluding carboxylic acids is 1. The highest BCUT2D eigenvalue weighted by Gasteiger charge is 2.29. The summed E-state index contributed by atoms with van der Waals surface area (Å²) in [7, 11) is 3.18. The van der Waals surface area contributed by atoms with Crippen LogP contribution in [0.4, 0.5) is 8.78 Å². The Balaban J connectivity index is 1.23. The van der Waals surface area contributed by atoms with Gasteiger partial charge in [0.15, 0.2) is 17.3 Å². The molecule has 2 aromatic heterocycles. The van der Waals surface area contributed by atoms with E-state index in [0.717, 1.165) is 41.1 Å². The van der Waals surface area contributed by atoms with Gasteiger partial charge in [-0.15, -0.1) is 0 Å². The van der Waals surface area contributed by atoms with E-state index in [-0.39, 0.29) is 23.6 Å². The van der Waals surface area contributed by atoms with E-state index in [4.69, 9.17) is 23.7 Å². The summed E-state index contributed by atoms with van der Waals surface area (Å²) in [6.45, 7) is 1.78. The van der Waals surface area contributed by atoms with Crippen LogP contribution in [0.5, 0.6) is 23.1 Å². The number of ketones is 1. The zero-order chi connectivity index (χ0) is 36.2. The van der Waals surface area contributed by atoms with Crippen LogP contribution in [0.3, 0.4) is 0 Å². The number of ether oxygens (including phenoxy) is 5. The van der Waals surface area contributed by atoms with Gasteiger partial charge in [0.05, 0.1) is 29.8 Å². The normalized spacial score (nSPS) is 12.6. The van der Waals surface area contributed by atoms with Crippen molar-refractivity contribution in [2.24, 2.45) is 0 Å². The number of rotatable bonds is 14. The summed E-state index contributed by atoms with van der Waals surface area (Å²) in [6.07, 6.45) is 3.29. The van der Waals surface area contributed by atoms with Gasteiger partial charge >= 0.3 is 0 Å². The number of methoxy groups -OCH3 is 2. The summed E-state index contributed by atoms with van der Waals surface area (Å²) in [5, 5.41) is 2.05.